The molecule has 1 aliphatic heterocycles. The lowest BCUT2D eigenvalue weighted by atomic mass is 10.0. The highest BCUT2D eigenvalue weighted by Gasteiger charge is 2.32. The lowest BCUT2D eigenvalue weighted by Crippen LogP contribution is -2.47. The Balaban J connectivity index is 2.17. The van der Waals surface area contributed by atoms with Gasteiger partial charge in [-0.25, -0.2) is 9.97 Å². The fourth-order valence-electron chi connectivity index (χ4n) is 2.79. The topological polar surface area (TPSA) is 72.1 Å². The van der Waals surface area contributed by atoms with Crippen LogP contribution in [0, 0.1) is 12.8 Å². The van der Waals surface area contributed by atoms with Gasteiger partial charge in [0.1, 0.15) is 5.82 Å². The summed E-state index contributed by atoms with van der Waals surface area (Å²) < 4.78 is 0. The van der Waals surface area contributed by atoms with Gasteiger partial charge >= 0.3 is 0 Å². The van der Waals surface area contributed by atoms with Crippen molar-refractivity contribution in [2.75, 3.05) is 12.3 Å². The molecule has 0 aliphatic carbocycles. The number of aryl methyl sites for hydroxylation is 1. The maximum absolute atomic E-state index is 12.9. The minimum Gasteiger partial charge on any atom is -0.384 e. The molecule has 2 unspecified atom stereocenters. The van der Waals surface area contributed by atoms with Crippen LogP contribution in [0.3, 0.4) is 0 Å². The first-order chi connectivity index (χ1) is 10.4. The van der Waals surface area contributed by atoms with Crippen molar-refractivity contribution in [1.29, 1.82) is 0 Å². The Hall–Kier alpha value is -1.30. The van der Waals surface area contributed by atoms with Crippen molar-refractivity contribution in [3.8, 4) is 0 Å². The Morgan fingerprint density at radius 2 is 2.14 bits per heavy atom. The van der Waals surface area contributed by atoms with Crippen LogP contribution in [0.25, 0.3) is 0 Å². The van der Waals surface area contributed by atoms with Gasteiger partial charge < -0.3 is 10.6 Å². The molecule has 1 aromatic rings. The standard InChI is InChI=1S/C16H26N4OS/c1-10(2)14(15(21)20-8-6-5-7-12(20)4)22-16-18-11(3)9-13(17)19-16/h9-10,12,14H,5-8H2,1-4H3,(H2,17,18,19). The second kappa shape index (κ2) is 7.31. The molecule has 1 aliphatic rings. The van der Waals surface area contributed by atoms with E-state index in [4.69, 9.17) is 5.73 Å². The highest BCUT2D eigenvalue weighted by molar-refractivity contribution is 8.00. The molecule has 1 aromatic heterocycles. The van der Waals surface area contributed by atoms with E-state index in [0.29, 0.717) is 17.0 Å². The second-order valence-electron chi connectivity index (χ2n) is 6.38. The van der Waals surface area contributed by atoms with Crippen LogP contribution in [0.4, 0.5) is 5.82 Å². The van der Waals surface area contributed by atoms with Crippen LogP contribution in [0.1, 0.15) is 45.7 Å². The van der Waals surface area contributed by atoms with E-state index in [9.17, 15) is 4.79 Å². The number of piperidine rings is 1. The molecular weight excluding hydrogens is 296 g/mol. The number of anilines is 1. The molecule has 0 bridgehead atoms. The van der Waals surface area contributed by atoms with Crippen molar-refractivity contribution < 1.29 is 4.79 Å². The molecule has 0 aromatic carbocycles. The van der Waals surface area contributed by atoms with Crippen molar-refractivity contribution in [2.24, 2.45) is 5.92 Å². The van der Waals surface area contributed by atoms with Gasteiger partial charge in [0.25, 0.3) is 0 Å². The van der Waals surface area contributed by atoms with Crippen LogP contribution in [-0.4, -0.2) is 38.6 Å². The number of likely N-dealkylation sites (tertiary alicyclic amines) is 1. The smallest absolute Gasteiger partial charge is 0.236 e. The molecule has 0 saturated carbocycles. The van der Waals surface area contributed by atoms with Crippen LogP contribution >= 0.6 is 11.8 Å². The number of thioether (sulfide) groups is 1. The summed E-state index contributed by atoms with van der Waals surface area (Å²) in [6.45, 7) is 9.04. The zero-order chi connectivity index (χ0) is 16.3. The number of nitrogens with two attached hydrogens (primary N) is 1. The zero-order valence-corrected chi connectivity index (χ0v) is 14.7. The fourth-order valence-corrected chi connectivity index (χ4v) is 3.88. The summed E-state index contributed by atoms with van der Waals surface area (Å²) in [7, 11) is 0. The summed E-state index contributed by atoms with van der Waals surface area (Å²) in [5.74, 6) is 0.879. The predicted molar refractivity (Wildman–Crippen MR) is 90.7 cm³/mol. The second-order valence-corrected chi connectivity index (χ2v) is 7.48. The number of amides is 1. The van der Waals surface area contributed by atoms with Crippen molar-refractivity contribution in [1.82, 2.24) is 14.9 Å². The number of hydrogen-bond acceptors (Lipinski definition) is 5. The Bertz CT molecular complexity index is 515. The van der Waals surface area contributed by atoms with E-state index in [0.717, 1.165) is 25.1 Å². The van der Waals surface area contributed by atoms with E-state index in [2.05, 4.69) is 30.7 Å². The minimum atomic E-state index is -0.165. The third-order valence-electron chi connectivity index (χ3n) is 4.02. The molecule has 2 N–H and O–H groups in total. The highest BCUT2D eigenvalue weighted by Crippen LogP contribution is 2.30. The first-order valence-electron chi connectivity index (χ1n) is 7.96. The van der Waals surface area contributed by atoms with Crippen LogP contribution in [0.5, 0.6) is 0 Å². The Morgan fingerprint density at radius 1 is 1.41 bits per heavy atom. The van der Waals surface area contributed by atoms with E-state index < -0.39 is 0 Å². The normalized spacial score (nSPS) is 20.2. The predicted octanol–water partition coefficient (Wildman–Crippen LogP) is 2.88. The van der Waals surface area contributed by atoms with Gasteiger partial charge in [-0.1, -0.05) is 25.6 Å². The fraction of sp³-hybridized carbons (Fsp3) is 0.688. The monoisotopic (exact) mass is 322 g/mol. The van der Waals surface area contributed by atoms with Gasteiger partial charge in [0.2, 0.25) is 5.91 Å². The van der Waals surface area contributed by atoms with Gasteiger partial charge in [0, 0.05) is 24.3 Å². The Morgan fingerprint density at radius 3 is 2.73 bits per heavy atom. The summed E-state index contributed by atoms with van der Waals surface area (Å²) >= 11 is 1.44. The van der Waals surface area contributed by atoms with E-state index in [1.165, 1.54) is 18.2 Å². The summed E-state index contributed by atoms with van der Waals surface area (Å²) in [5.41, 5.74) is 6.62. The number of hydrogen-bond donors (Lipinski definition) is 1. The van der Waals surface area contributed by atoms with Gasteiger partial charge in [0.15, 0.2) is 5.16 Å². The molecule has 6 heteroatoms. The highest BCUT2D eigenvalue weighted by atomic mass is 32.2. The van der Waals surface area contributed by atoms with Crippen molar-refractivity contribution >= 4 is 23.5 Å². The molecule has 2 rings (SSSR count). The lowest BCUT2D eigenvalue weighted by molar-refractivity contribution is -0.134. The molecule has 122 valence electrons. The zero-order valence-electron chi connectivity index (χ0n) is 13.9. The molecule has 2 heterocycles. The number of aromatic nitrogens is 2. The average Bonchev–Trinajstić information content (AvgIpc) is 2.43. The first kappa shape index (κ1) is 17.1. The summed E-state index contributed by atoms with van der Waals surface area (Å²) in [4.78, 5) is 23.6. The van der Waals surface area contributed by atoms with Gasteiger partial charge in [-0.15, -0.1) is 0 Å². The van der Waals surface area contributed by atoms with Gasteiger partial charge in [-0.2, -0.15) is 0 Å². The Kier molecular flexibility index (Phi) is 5.67. The van der Waals surface area contributed by atoms with Crippen molar-refractivity contribution in [3.05, 3.63) is 11.8 Å². The summed E-state index contributed by atoms with van der Waals surface area (Å²) in [5, 5.41) is 0.427. The van der Waals surface area contributed by atoms with E-state index >= 15 is 0 Å². The number of carbonyl (C=O) groups excluding carboxylic acids is 1. The molecule has 1 saturated heterocycles. The third kappa shape index (κ3) is 4.12. The third-order valence-corrected chi connectivity index (χ3v) is 5.41. The summed E-state index contributed by atoms with van der Waals surface area (Å²) in [6.07, 6.45) is 3.40. The molecule has 1 fully saturated rings. The lowest BCUT2D eigenvalue weighted by Gasteiger charge is -2.36. The number of nitrogen functional groups attached to an aromatic ring is 1. The van der Waals surface area contributed by atoms with Crippen molar-refractivity contribution in [3.63, 3.8) is 0 Å². The van der Waals surface area contributed by atoms with E-state index in [1.54, 1.807) is 6.07 Å². The van der Waals surface area contributed by atoms with Gasteiger partial charge in [-0.3, -0.25) is 4.79 Å². The van der Waals surface area contributed by atoms with E-state index in [1.807, 2.05) is 11.8 Å². The largest absolute Gasteiger partial charge is 0.384 e. The van der Waals surface area contributed by atoms with Crippen molar-refractivity contribution in [2.45, 2.75) is 63.4 Å². The molecular formula is C16H26N4OS. The average molecular weight is 322 g/mol. The number of carbonyl (C=O) groups is 1. The van der Waals surface area contributed by atoms with Gasteiger partial charge in [-0.05, 0) is 39.0 Å². The molecule has 2 atom stereocenters. The van der Waals surface area contributed by atoms with Crippen LogP contribution in [0.15, 0.2) is 11.2 Å². The molecule has 5 nitrogen and oxygen atoms in total. The quantitative estimate of drug-likeness (QED) is 0.681. The molecule has 0 radical (unpaired) electrons. The van der Waals surface area contributed by atoms with Crippen LogP contribution in [0.2, 0.25) is 0 Å². The first-order valence-corrected chi connectivity index (χ1v) is 8.84. The number of nitrogens with zero attached hydrogens (tertiary/aromatic N) is 3. The maximum atomic E-state index is 12.9. The molecule has 22 heavy (non-hydrogen) atoms. The van der Waals surface area contributed by atoms with Gasteiger partial charge in [0.05, 0.1) is 5.25 Å². The summed E-state index contributed by atoms with van der Waals surface area (Å²) in [6, 6.07) is 2.06. The minimum absolute atomic E-state index is 0.165. The molecule has 1 amide bonds. The van der Waals surface area contributed by atoms with Crippen LogP contribution < -0.4 is 5.73 Å². The van der Waals surface area contributed by atoms with Crippen LogP contribution in [-0.2, 0) is 4.79 Å². The molecule has 0 spiro atoms. The van der Waals surface area contributed by atoms with E-state index in [-0.39, 0.29) is 17.1 Å². The SMILES string of the molecule is Cc1cc(N)nc(SC(C(=O)N2CCCCC2C)C(C)C)n1. The maximum Gasteiger partial charge on any atom is 0.236 e. The number of rotatable bonds is 4. The Labute approximate surface area is 137 Å².